The molecule has 0 radical (unpaired) electrons. The third-order valence-corrected chi connectivity index (χ3v) is 4.14. The maximum absolute atomic E-state index is 11.5. The fraction of sp³-hybridized carbons (Fsp3) is 0.667. The van der Waals surface area contributed by atoms with Gasteiger partial charge in [0.1, 0.15) is 6.10 Å². The summed E-state index contributed by atoms with van der Waals surface area (Å²) in [6, 6.07) is 0. The largest absolute Gasteiger partial charge is 0.458 e. The van der Waals surface area contributed by atoms with Crippen LogP contribution in [0.25, 0.3) is 0 Å². The van der Waals surface area contributed by atoms with Crippen LogP contribution in [0.2, 0.25) is 0 Å². The van der Waals surface area contributed by atoms with Crippen LogP contribution in [0.15, 0.2) is 23.8 Å². The molecule has 1 aliphatic heterocycles. The Labute approximate surface area is 109 Å². The average Bonchev–Trinajstić information content (AvgIpc) is 2.61. The Bertz CT molecular complexity index is 381. The number of aliphatic hydroxyl groups excluding tert-OH is 1. The molecule has 1 N–H and O–H groups in total. The highest BCUT2D eigenvalue weighted by Crippen LogP contribution is 2.39. The van der Waals surface area contributed by atoms with E-state index in [1.165, 1.54) is 5.57 Å². The Balaban J connectivity index is 1.95. The molecule has 2 rings (SSSR count). The molecule has 0 amide bonds. The van der Waals surface area contributed by atoms with Gasteiger partial charge in [0.25, 0.3) is 0 Å². The summed E-state index contributed by atoms with van der Waals surface area (Å²) < 4.78 is 5.35. The number of carbonyl (C=O) groups excluding carboxylic acids is 1. The third-order valence-electron chi connectivity index (χ3n) is 4.14. The van der Waals surface area contributed by atoms with E-state index >= 15 is 0 Å². The Morgan fingerprint density at radius 1 is 1.50 bits per heavy atom. The van der Waals surface area contributed by atoms with Crippen LogP contribution in [0.1, 0.15) is 39.5 Å². The first-order valence-electron chi connectivity index (χ1n) is 6.75. The lowest BCUT2D eigenvalue weighted by atomic mass is 9.79. The smallest absolute Gasteiger partial charge is 0.334 e. The molecule has 18 heavy (non-hydrogen) atoms. The van der Waals surface area contributed by atoms with Crippen molar-refractivity contribution in [1.29, 1.82) is 0 Å². The summed E-state index contributed by atoms with van der Waals surface area (Å²) in [6.07, 6.45) is 5.49. The monoisotopic (exact) mass is 250 g/mol. The van der Waals surface area contributed by atoms with E-state index in [0.29, 0.717) is 11.5 Å². The molecule has 0 aromatic heterocycles. The summed E-state index contributed by atoms with van der Waals surface area (Å²) in [5, 5.41) is 9.32. The van der Waals surface area contributed by atoms with Crippen LogP contribution in [0.4, 0.5) is 0 Å². The predicted molar refractivity (Wildman–Crippen MR) is 69.9 cm³/mol. The van der Waals surface area contributed by atoms with E-state index < -0.39 is 0 Å². The van der Waals surface area contributed by atoms with E-state index in [-0.39, 0.29) is 24.1 Å². The number of fused-ring (bicyclic) bond motifs is 1. The lowest BCUT2D eigenvalue weighted by Gasteiger charge is -2.27. The zero-order valence-electron chi connectivity index (χ0n) is 11.2. The van der Waals surface area contributed by atoms with Gasteiger partial charge in [-0.2, -0.15) is 0 Å². The minimum Gasteiger partial charge on any atom is -0.458 e. The highest BCUT2D eigenvalue weighted by molar-refractivity contribution is 5.91. The maximum Gasteiger partial charge on any atom is 0.334 e. The summed E-state index contributed by atoms with van der Waals surface area (Å²) >= 11 is 0. The van der Waals surface area contributed by atoms with Gasteiger partial charge < -0.3 is 9.84 Å². The van der Waals surface area contributed by atoms with Crippen LogP contribution in [-0.4, -0.2) is 23.3 Å². The predicted octanol–water partition coefficient (Wildman–Crippen LogP) is 2.60. The number of carbonyl (C=O) groups is 1. The van der Waals surface area contributed by atoms with Crippen molar-refractivity contribution in [3.63, 3.8) is 0 Å². The Morgan fingerprint density at radius 2 is 2.22 bits per heavy atom. The van der Waals surface area contributed by atoms with E-state index in [1.807, 2.05) is 6.92 Å². The molecule has 0 aromatic carbocycles. The van der Waals surface area contributed by atoms with Crippen molar-refractivity contribution in [2.24, 2.45) is 11.8 Å². The highest BCUT2D eigenvalue weighted by atomic mass is 16.6. The molecule has 1 saturated heterocycles. The number of rotatable bonds is 4. The van der Waals surface area contributed by atoms with Crippen LogP contribution >= 0.6 is 0 Å². The molecule has 1 heterocycles. The SMILES string of the molecule is C=C1C(=O)O[C@@H]2CC([C@H](C)CC[C@H](C)O)=CC[C@H]12. The standard InChI is InChI=1S/C15H22O3/c1-9(4-5-10(2)16)12-6-7-13-11(3)15(17)18-14(13)8-12/h6,9-10,13-14,16H,3-5,7-8H2,1-2H3/t9-,10+,13-,14-/m1/s1. The van der Waals surface area contributed by atoms with Crippen LogP contribution in [0, 0.1) is 11.8 Å². The molecule has 4 atom stereocenters. The van der Waals surface area contributed by atoms with E-state index in [2.05, 4.69) is 19.6 Å². The second-order valence-electron chi connectivity index (χ2n) is 5.62. The van der Waals surface area contributed by atoms with Gasteiger partial charge in [-0.1, -0.05) is 25.2 Å². The van der Waals surface area contributed by atoms with Gasteiger partial charge in [-0.25, -0.2) is 4.79 Å². The third kappa shape index (κ3) is 2.66. The van der Waals surface area contributed by atoms with Gasteiger partial charge in [0.05, 0.1) is 6.10 Å². The molecule has 1 fully saturated rings. The summed E-state index contributed by atoms with van der Waals surface area (Å²) in [7, 11) is 0. The van der Waals surface area contributed by atoms with Crippen molar-refractivity contribution in [3.05, 3.63) is 23.8 Å². The van der Waals surface area contributed by atoms with Crippen LogP contribution in [0.5, 0.6) is 0 Å². The summed E-state index contributed by atoms with van der Waals surface area (Å²) in [5.41, 5.74) is 1.99. The van der Waals surface area contributed by atoms with Gasteiger partial charge in [-0.05, 0) is 32.1 Å². The number of esters is 1. The number of aliphatic hydroxyl groups is 1. The molecule has 0 unspecified atom stereocenters. The van der Waals surface area contributed by atoms with Crippen LogP contribution < -0.4 is 0 Å². The molecule has 0 saturated carbocycles. The van der Waals surface area contributed by atoms with Crippen molar-refractivity contribution in [3.8, 4) is 0 Å². The zero-order chi connectivity index (χ0) is 13.3. The molecule has 2 aliphatic rings. The first-order valence-corrected chi connectivity index (χ1v) is 6.75. The molecule has 3 heteroatoms. The van der Waals surface area contributed by atoms with Gasteiger partial charge in [-0.15, -0.1) is 0 Å². The van der Waals surface area contributed by atoms with Crippen molar-refractivity contribution in [2.45, 2.75) is 51.7 Å². The number of hydrogen-bond acceptors (Lipinski definition) is 3. The second-order valence-corrected chi connectivity index (χ2v) is 5.62. The van der Waals surface area contributed by atoms with Gasteiger partial charge in [0, 0.05) is 17.9 Å². The lowest BCUT2D eigenvalue weighted by Crippen LogP contribution is -2.23. The van der Waals surface area contributed by atoms with Gasteiger partial charge in [-0.3, -0.25) is 0 Å². The average molecular weight is 250 g/mol. The van der Waals surface area contributed by atoms with E-state index in [9.17, 15) is 9.90 Å². The van der Waals surface area contributed by atoms with Gasteiger partial charge in [0.15, 0.2) is 0 Å². The van der Waals surface area contributed by atoms with Crippen molar-refractivity contribution < 1.29 is 14.6 Å². The minimum atomic E-state index is -0.242. The number of ether oxygens (including phenoxy) is 1. The van der Waals surface area contributed by atoms with Gasteiger partial charge in [0.2, 0.25) is 0 Å². The molecule has 0 spiro atoms. The molecule has 1 aliphatic carbocycles. The molecular formula is C15H22O3. The topological polar surface area (TPSA) is 46.5 Å². The Morgan fingerprint density at radius 3 is 2.89 bits per heavy atom. The van der Waals surface area contributed by atoms with Crippen molar-refractivity contribution in [2.75, 3.05) is 0 Å². The highest BCUT2D eigenvalue weighted by Gasteiger charge is 2.40. The Kier molecular flexibility index (Phi) is 3.91. The molecule has 0 bridgehead atoms. The zero-order valence-corrected chi connectivity index (χ0v) is 11.2. The van der Waals surface area contributed by atoms with E-state index in [0.717, 1.165) is 25.7 Å². The second kappa shape index (κ2) is 5.27. The quantitative estimate of drug-likeness (QED) is 0.474. The van der Waals surface area contributed by atoms with E-state index in [1.54, 1.807) is 0 Å². The van der Waals surface area contributed by atoms with Gasteiger partial charge >= 0.3 is 5.97 Å². The fourth-order valence-electron chi connectivity index (χ4n) is 2.82. The number of hydrogen-bond donors (Lipinski definition) is 1. The van der Waals surface area contributed by atoms with Crippen molar-refractivity contribution >= 4 is 5.97 Å². The van der Waals surface area contributed by atoms with Crippen molar-refractivity contribution in [1.82, 2.24) is 0 Å². The summed E-state index contributed by atoms with van der Waals surface area (Å²) in [6.45, 7) is 7.81. The first kappa shape index (κ1) is 13.3. The Hall–Kier alpha value is -1.09. The fourth-order valence-corrected chi connectivity index (χ4v) is 2.82. The first-order chi connectivity index (χ1) is 8.49. The lowest BCUT2D eigenvalue weighted by molar-refractivity contribution is -0.139. The normalized spacial score (nSPS) is 30.5. The minimum absolute atomic E-state index is 0.000926. The molecular weight excluding hydrogens is 228 g/mol. The number of allylic oxidation sites excluding steroid dienone is 1. The molecule has 100 valence electrons. The maximum atomic E-state index is 11.5. The summed E-state index contributed by atoms with van der Waals surface area (Å²) in [4.78, 5) is 11.5. The summed E-state index contributed by atoms with van der Waals surface area (Å²) in [5.74, 6) is 0.412. The molecule has 3 nitrogen and oxygen atoms in total. The van der Waals surface area contributed by atoms with Crippen LogP contribution in [-0.2, 0) is 9.53 Å². The molecule has 0 aromatic rings. The van der Waals surface area contributed by atoms with E-state index in [4.69, 9.17) is 4.74 Å². The van der Waals surface area contributed by atoms with Crippen LogP contribution in [0.3, 0.4) is 0 Å².